The van der Waals surface area contributed by atoms with Crippen LogP contribution in [0.1, 0.15) is 53.5 Å². The summed E-state index contributed by atoms with van der Waals surface area (Å²) in [6.45, 7) is 11.8. The van der Waals surface area contributed by atoms with Crippen molar-refractivity contribution in [2.45, 2.75) is 47.1 Å². The number of thiazole rings is 1. The zero-order valence-corrected chi connectivity index (χ0v) is 14.6. The van der Waals surface area contributed by atoms with E-state index in [1.165, 1.54) is 16.0 Å². The van der Waals surface area contributed by atoms with Crippen LogP contribution in [0, 0.1) is 19.8 Å². The van der Waals surface area contributed by atoms with Crippen LogP contribution in [0.5, 0.6) is 0 Å². The first kappa shape index (κ1) is 16.2. The van der Waals surface area contributed by atoms with E-state index in [-0.39, 0.29) is 6.04 Å². The van der Waals surface area contributed by atoms with Gasteiger partial charge in [-0.1, -0.05) is 45.0 Å². The van der Waals surface area contributed by atoms with Crippen molar-refractivity contribution in [1.29, 1.82) is 0 Å². The minimum Gasteiger partial charge on any atom is -0.306 e. The van der Waals surface area contributed by atoms with Crippen molar-refractivity contribution in [3.8, 4) is 0 Å². The molecule has 1 atom stereocenters. The van der Waals surface area contributed by atoms with E-state index in [1.54, 1.807) is 11.3 Å². The van der Waals surface area contributed by atoms with E-state index in [1.807, 2.05) is 0 Å². The number of hydrogen-bond donors (Lipinski definition) is 1. The van der Waals surface area contributed by atoms with Crippen LogP contribution in [0.4, 0.5) is 0 Å². The highest BCUT2D eigenvalue weighted by Gasteiger charge is 2.19. The maximum Gasteiger partial charge on any atom is 0.0900 e. The molecule has 0 fully saturated rings. The Morgan fingerprint density at radius 1 is 1.24 bits per heavy atom. The SMILES string of the molecule is CCNC(c1cccc(CC(C)C)c1)c1sc(C)nc1C. The van der Waals surface area contributed by atoms with Gasteiger partial charge in [0.05, 0.1) is 16.7 Å². The topological polar surface area (TPSA) is 24.9 Å². The molecule has 2 aromatic rings. The molecule has 1 aromatic heterocycles. The Labute approximate surface area is 132 Å². The summed E-state index contributed by atoms with van der Waals surface area (Å²) in [5.74, 6) is 0.685. The number of aromatic nitrogens is 1. The summed E-state index contributed by atoms with van der Waals surface area (Å²) in [6.07, 6.45) is 1.13. The lowest BCUT2D eigenvalue weighted by Gasteiger charge is -2.19. The third-order valence-electron chi connectivity index (χ3n) is 3.54. The van der Waals surface area contributed by atoms with Gasteiger partial charge in [0.2, 0.25) is 0 Å². The number of nitrogens with one attached hydrogen (secondary N) is 1. The van der Waals surface area contributed by atoms with Gasteiger partial charge in [-0.3, -0.25) is 0 Å². The van der Waals surface area contributed by atoms with Gasteiger partial charge in [0.15, 0.2) is 0 Å². The fraction of sp³-hybridized carbons (Fsp3) is 0.500. The van der Waals surface area contributed by atoms with Crippen molar-refractivity contribution in [3.05, 3.63) is 51.0 Å². The molecule has 0 radical (unpaired) electrons. The number of nitrogens with zero attached hydrogens (tertiary/aromatic N) is 1. The third-order valence-corrected chi connectivity index (χ3v) is 4.68. The van der Waals surface area contributed by atoms with Crippen molar-refractivity contribution in [2.75, 3.05) is 6.54 Å². The Hall–Kier alpha value is -1.19. The molecule has 1 heterocycles. The van der Waals surface area contributed by atoms with Crippen LogP contribution in [0.25, 0.3) is 0 Å². The second kappa shape index (κ2) is 7.19. The second-order valence-corrected chi connectivity index (χ2v) is 7.25. The quantitative estimate of drug-likeness (QED) is 0.839. The first-order valence-corrected chi connectivity index (χ1v) is 8.59. The minimum absolute atomic E-state index is 0.258. The van der Waals surface area contributed by atoms with Gasteiger partial charge >= 0.3 is 0 Å². The smallest absolute Gasteiger partial charge is 0.0900 e. The van der Waals surface area contributed by atoms with E-state index in [4.69, 9.17) is 0 Å². The Morgan fingerprint density at radius 2 is 2.00 bits per heavy atom. The highest BCUT2D eigenvalue weighted by molar-refractivity contribution is 7.11. The average molecular weight is 302 g/mol. The summed E-state index contributed by atoms with van der Waals surface area (Å²) in [4.78, 5) is 5.93. The molecule has 2 nitrogen and oxygen atoms in total. The number of hydrogen-bond acceptors (Lipinski definition) is 3. The molecule has 1 unspecified atom stereocenters. The fourth-order valence-electron chi connectivity index (χ4n) is 2.75. The average Bonchev–Trinajstić information content (AvgIpc) is 2.74. The molecular weight excluding hydrogens is 276 g/mol. The third kappa shape index (κ3) is 4.14. The van der Waals surface area contributed by atoms with E-state index in [0.717, 1.165) is 23.7 Å². The van der Waals surface area contributed by atoms with E-state index < -0.39 is 0 Å². The summed E-state index contributed by atoms with van der Waals surface area (Å²) in [5, 5.41) is 4.76. The van der Waals surface area contributed by atoms with Crippen molar-refractivity contribution >= 4 is 11.3 Å². The van der Waals surface area contributed by atoms with Gasteiger partial charge in [-0.2, -0.15) is 0 Å². The molecule has 0 aliphatic heterocycles. The summed E-state index contributed by atoms with van der Waals surface area (Å²) in [7, 11) is 0. The van der Waals surface area contributed by atoms with Crippen LogP contribution in [0.3, 0.4) is 0 Å². The molecule has 1 N–H and O–H groups in total. The lowest BCUT2D eigenvalue weighted by molar-refractivity contribution is 0.627. The van der Waals surface area contributed by atoms with Gasteiger partial charge in [0, 0.05) is 4.88 Å². The van der Waals surface area contributed by atoms with Gasteiger partial charge < -0.3 is 5.32 Å². The van der Waals surface area contributed by atoms with Gasteiger partial charge in [0.1, 0.15) is 0 Å². The van der Waals surface area contributed by atoms with Crippen molar-refractivity contribution in [2.24, 2.45) is 5.92 Å². The molecule has 0 bridgehead atoms. The molecule has 0 amide bonds. The molecule has 0 saturated carbocycles. The normalized spacial score (nSPS) is 12.9. The van der Waals surface area contributed by atoms with Gasteiger partial charge in [0.25, 0.3) is 0 Å². The lowest BCUT2D eigenvalue weighted by Crippen LogP contribution is -2.22. The number of benzene rings is 1. The van der Waals surface area contributed by atoms with Gasteiger partial charge in [-0.15, -0.1) is 11.3 Å². The Morgan fingerprint density at radius 3 is 2.57 bits per heavy atom. The molecule has 2 rings (SSSR count). The zero-order chi connectivity index (χ0) is 15.4. The summed E-state index contributed by atoms with van der Waals surface area (Å²) in [5.41, 5.74) is 3.92. The molecule has 0 spiro atoms. The van der Waals surface area contributed by atoms with Crippen LogP contribution < -0.4 is 5.32 Å². The summed E-state index contributed by atoms with van der Waals surface area (Å²) < 4.78 is 0. The van der Waals surface area contributed by atoms with E-state index in [9.17, 15) is 0 Å². The molecule has 0 aliphatic rings. The minimum atomic E-state index is 0.258. The van der Waals surface area contributed by atoms with E-state index >= 15 is 0 Å². The maximum absolute atomic E-state index is 4.59. The standard InChI is InChI=1S/C18H26N2S/c1-6-19-17(18-13(4)20-14(5)21-18)16-9-7-8-15(11-16)10-12(2)3/h7-9,11-12,17,19H,6,10H2,1-5H3. The molecule has 1 aromatic carbocycles. The molecule has 0 saturated heterocycles. The summed E-state index contributed by atoms with van der Waals surface area (Å²) >= 11 is 1.80. The Kier molecular flexibility index (Phi) is 5.54. The first-order chi connectivity index (χ1) is 10.0. The molecule has 0 aliphatic carbocycles. The monoisotopic (exact) mass is 302 g/mol. The van der Waals surface area contributed by atoms with Crippen LogP contribution in [0.2, 0.25) is 0 Å². The summed E-state index contributed by atoms with van der Waals surface area (Å²) in [6, 6.07) is 9.25. The maximum atomic E-state index is 4.59. The molecular formula is C18H26N2S. The van der Waals surface area contributed by atoms with E-state index in [2.05, 4.69) is 69.2 Å². The van der Waals surface area contributed by atoms with E-state index in [0.29, 0.717) is 5.92 Å². The lowest BCUT2D eigenvalue weighted by atomic mass is 9.97. The molecule has 114 valence electrons. The van der Waals surface area contributed by atoms with Crippen molar-refractivity contribution in [3.63, 3.8) is 0 Å². The highest BCUT2D eigenvalue weighted by atomic mass is 32.1. The van der Waals surface area contributed by atoms with Crippen LogP contribution in [-0.4, -0.2) is 11.5 Å². The Balaban J connectivity index is 2.36. The Bertz CT molecular complexity index is 587. The number of rotatable bonds is 6. The van der Waals surface area contributed by atoms with Crippen LogP contribution in [0.15, 0.2) is 24.3 Å². The zero-order valence-electron chi connectivity index (χ0n) is 13.7. The number of aryl methyl sites for hydroxylation is 2. The first-order valence-electron chi connectivity index (χ1n) is 7.77. The second-order valence-electron chi connectivity index (χ2n) is 6.02. The van der Waals surface area contributed by atoms with Crippen molar-refractivity contribution in [1.82, 2.24) is 10.3 Å². The predicted molar refractivity (Wildman–Crippen MR) is 92.1 cm³/mol. The highest BCUT2D eigenvalue weighted by Crippen LogP contribution is 2.30. The fourth-order valence-corrected chi connectivity index (χ4v) is 3.78. The van der Waals surface area contributed by atoms with Gasteiger partial charge in [-0.05, 0) is 43.9 Å². The molecule has 21 heavy (non-hydrogen) atoms. The van der Waals surface area contributed by atoms with Crippen LogP contribution in [-0.2, 0) is 6.42 Å². The predicted octanol–water partition coefficient (Wildman–Crippen LogP) is 4.66. The van der Waals surface area contributed by atoms with Crippen molar-refractivity contribution < 1.29 is 0 Å². The largest absolute Gasteiger partial charge is 0.306 e. The van der Waals surface area contributed by atoms with Gasteiger partial charge in [-0.25, -0.2) is 4.98 Å². The molecule has 3 heteroatoms. The van der Waals surface area contributed by atoms with Crippen LogP contribution >= 0.6 is 11.3 Å².